The first-order chi connectivity index (χ1) is 14.9. The summed E-state index contributed by atoms with van der Waals surface area (Å²) in [4.78, 5) is 25.3. The number of nitrogens with zero attached hydrogens (tertiary/aromatic N) is 3. The van der Waals surface area contributed by atoms with Crippen LogP contribution in [0.25, 0.3) is 0 Å². The third kappa shape index (κ3) is 7.93. The first kappa shape index (κ1) is 23.7. The van der Waals surface area contributed by atoms with Crippen LogP contribution < -0.4 is 11.1 Å². The van der Waals surface area contributed by atoms with Gasteiger partial charge in [0.05, 0.1) is 40.6 Å². The van der Waals surface area contributed by atoms with Gasteiger partial charge >= 0.3 is 0 Å². The molecular formula is C20H23Cl2N5O3S. The molecule has 0 radical (unpaired) electrons. The van der Waals surface area contributed by atoms with Gasteiger partial charge in [-0.1, -0.05) is 41.0 Å². The Morgan fingerprint density at radius 1 is 1.23 bits per heavy atom. The van der Waals surface area contributed by atoms with E-state index in [-0.39, 0.29) is 24.2 Å². The summed E-state index contributed by atoms with van der Waals surface area (Å²) >= 11 is 13.3. The van der Waals surface area contributed by atoms with E-state index in [1.807, 2.05) is 12.1 Å². The smallest absolute Gasteiger partial charge is 0.230 e. The maximum Gasteiger partial charge on any atom is 0.230 e. The van der Waals surface area contributed by atoms with Crippen molar-refractivity contribution in [2.24, 2.45) is 5.73 Å². The third-order valence-electron chi connectivity index (χ3n) is 4.54. The first-order valence-electron chi connectivity index (χ1n) is 9.67. The van der Waals surface area contributed by atoms with Gasteiger partial charge in [0, 0.05) is 26.2 Å². The number of hydrogen-bond donors (Lipinski definition) is 2. The number of hydrogen-bond acceptors (Lipinski definition) is 7. The van der Waals surface area contributed by atoms with E-state index in [2.05, 4.69) is 20.4 Å². The molecule has 3 rings (SSSR count). The van der Waals surface area contributed by atoms with E-state index in [1.165, 1.54) is 11.8 Å². The number of thioether (sulfide) groups is 1. The number of nitrogens with two attached hydrogens (primary N) is 1. The van der Waals surface area contributed by atoms with E-state index in [4.69, 9.17) is 33.7 Å². The minimum atomic E-state index is -0.463. The molecule has 1 aromatic carbocycles. The number of aromatic nitrogens is 2. The molecular weight excluding hydrogens is 461 g/mol. The van der Waals surface area contributed by atoms with Crippen LogP contribution in [0.1, 0.15) is 11.3 Å². The largest absolute Gasteiger partial charge is 0.374 e. The zero-order valence-corrected chi connectivity index (χ0v) is 19.1. The van der Waals surface area contributed by atoms with Crippen molar-refractivity contribution >= 4 is 46.8 Å². The first-order valence-corrected chi connectivity index (χ1v) is 11.4. The van der Waals surface area contributed by atoms with Crippen LogP contribution >= 0.6 is 35.0 Å². The number of carbonyl (C=O) groups is 2. The summed E-state index contributed by atoms with van der Waals surface area (Å²) in [7, 11) is 0. The van der Waals surface area contributed by atoms with Gasteiger partial charge < -0.3 is 15.8 Å². The molecule has 1 aliphatic heterocycles. The number of carbonyl (C=O) groups excluding carboxylic acids is 2. The van der Waals surface area contributed by atoms with E-state index in [1.54, 1.807) is 18.2 Å². The van der Waals surface area contributed by atoms with Gasteiger partial charge in [-0.15, -0.1) is 5.10 Å². The Labute approximate surface area is 194 Å². The minimum Gasteiger partial charge on any atom is -0.374 e. The quantitative estimate of drug-likeness (QED) is 0.524. The Bertz CT molecular complexity index is 916. The molecule has 1 aliphatic rings. The lowest BCUT2D eigenvalue weighted by atomic mass is 10.2. The monoisotopic (exact) mass is 483 g/mol. The van der Waals surface area contributed by atoms with E-state index in [0.29, 0.717) is 40.5 Å². The number of morpholine rings is 1. The number of benzene rings is 1. The van der Waals surface area contributed by atoms with Crippen LogP contribution in [-0.4, -0.2) is 65.0 Å². The van der Waals surface area contributed by atoms with Crippen molar-refractivity contribution in [2.75, 3.05) is 32.0 Å². The average Bonchev–Trinajstić information content (AvgIpc) is 2.74. The molecule has 166 valence electrons. The van der Waals surface area contributed by atoms with Gasteiger partial charge in [-0.25, -0.2) is 0 Å². The lowest BCUT2D eigenvalue weighted by Crippen LogP contribution is -2.47. The maximum absolute atomic E-state index is 12.2. The summed E-state index contributed by atoms with van der Waals surface area (Å²) in [5, 5.41) is 12.5. The van der Waals surface area contributed by atoms with Crippen LogP contribution in [0.5, 0.6) is 0 Å². The highest BCUT2D eigenvalue weighted by Gasteiger charge is 2.21. The van der Waals surface area contributed by atoms with Crippen LogP contribution in [0.4, 0.5) is 0 Å². The van der Waals surface area contributed by atoms with Crippen LogP contribution in [0, 0.1) is 0 Å². The molecule has 2 aromatic rings. The second kappa shape index (κ2) is 11.6. The van der Waals surface area contributed by atoms with Gasteiger partial charge in [0.25, 0.3) is 0 Å². The number of ether oxygens (including phenoxy) is 1. The maximum atomic E-state index is 12.2. The number of nitrogens with one attached hydrogen (secondary N) is 1. The fourth-order valence-electron chi connectivity index (χ4n) is 3.06. The zero-order chi connectivity index (χ0) is 22.2. The van der Waals surface area contributed by atoms with Gasteiger partial charge in [-0.3, -0.25) is 14.5 Å². The molecule has 1 aromatic heterocycles. The van der Waals surface area contributed by atoms with Gasteiger partial charge in [-0.05, 0) is 29.8 Å². The summed E-state index contributed by atoms with van der Waals surface area (Å²) in [6.45, 7) is 3.29. The number of amides is 2. The summed E-state index contributed by atoms with van der Waals surface area (Å²) in [6, 6.07) is 9.02. The molecule has 8 nitrogen and oxygen atoms in total. The highest BCUT2D eigenvalue weighted by Crippen LogP contribution is 2.23. The van der Waals surface area contributed by atoms with Crippen LogP contribution in [0.3, 0.4) is 0 Å². The zero-order valence-electron chi connectivity index (χ0n) is 16.7. The third-order valence-corrected chi connectivity index (χ3v) is 6.20. The molecule has 0 saturated carbocycles. The Morgan fingerprint density at radius 3 is 2.77 bits per heavy atom. The van der Waals surface area contributed by atoms with E-state index >= 15 is 0 Å². The average molecular weight is 484 g/mol. The van der Waals surface area contributed by atoms with Gasteiger partial charge in [0.15, 0.2) is 0 Å². The fraction of sp³-hybridized carbons (Fsp3) is 0.400. The van der Waals surface area contributed by atoms with E-state index in [9.17, 15) is 9.59 Å². The second-order valence-electron chi connectivity index (χ2n) is 7.08. The van der Waals surface area contributed by atoms with E-state index < -0.39 is 5.91 Å². The summed E-state index contributed by atoms with van der Waals surface area (Å²) in [5.41, 5.74) is 6.71. The van der Waals surface area contributed by atoms with Gasteiger partial charge in [0.1, 0.15) is 5.03 Å². The Balaban J connectivity index is 1.39. The van der Waals surface area contributed by atoms with Crippen molar-refractivity contribution in [1.82, 2.24) is 20.4 Å². The molecule has 0 unspecified atom stereocenters. The van der Waals surface area contributed by atoms with Gasteiger partial charge in [0.2, 0.25) is 11.8 Å². The predicted octanol–water partition coefficient (Wildman–Crippen LogP) is 1.92. The molecule has 1 saturated heterocycles. The second-order valence-corrected chi connectivity index (χ2v) is 8.89. The molecule has 0 aliphatic carbocycles. The van der Waals surface area contributed by atoms with Crippen LogP contribution in [0.2, 0.25) is 10.0 Å². The summed E-state index contributed by atoms with van der Waals surface area (Å²) in [6.07, 6.45) is -0.0413. The highest BCUT2D eigenvalue weighted by atomic mass is 35.5. The number of rotatable bonds is 9. The molecule has 0 bridgehead atoms. The minimum absolute atomic E-state index is 0.0435. The topological polar surface area (TPSA) is 110 Å². The lowest BCUT2D eigenvalue weighted by molar-refractivity contribution is -0.120. The standard InChI is InChI=1S/C20H23Cl2N5O3S/c21-16-3-1-13(7-17(16)22)10-27-5-6-30-15(11-27)9-24-19(29)12-31-20-4-2-14(25-26-20)8-18(23)28/h1-4,7,15H,5-6,8-12H2,(H2,23,28)(H,24,29)/t15-/m0/s1. The van der Waals surface area contributed by atoms with Gasteiger partial charge in [-0.2, -0.15) is 5.10 Å². The Kier molecular flexibility index (Phi) is 8.91. The molecule has 1 fully saturated rings. The van der Waals surface area contributed by atoms with Crippen LogP contribution in [-0.2, 0) is 27.3 Å². The Hall–Kier alpha value is -1.91. The van der Waals surface area contributed by atoms with Crippen molar-refractivity contribution in [3.05, 3.63) is 51.6 Å². The highest BCUT2D eigenvalue weighted by molar-refractivity contribution is 7.99. The summed E-state index contributed by atoms with van der Waals surface area (Å²) < 4.78 is 5.78. The van der Waals surface area contributed by atoms with Crippen molar-refractivity contribution in [2.45, 2.75) is 24.1 Å². The van der Waals surface area contributed by atoms with Crippen molar-refractivity contribution in [3.8, 4) is 0 Å². The number of primary amides is 1. The molecule has 11 heteroatoms. The normalized spacial score (nSPS) is 16.8. The SMILES string of the molecule is NC(=O)Cc1ccc(SCC(=O)NC[C@H]2CN(Cc3ccc(Cl)c(Cl)c3)CCO2)nn1. The van der Waals surface area contributed by atoms with Crippen LogP contribution in [0.15, 0.2) is 35.4 Å². The molecule has 0 spiro atoms. The van der Waals surface area contributed by atoms with Crippen molar-refractivity contribution in [1.29, 1.82) is 0 Å². The molecule has 3 N–H and O–H groups in total. The number of halogens is 2. The van der Waals surface area contributed by atoms with Crippen molar-refractivity contribution in [3.63, 3.8) is 0 Å². The molecule has 2 heterocycles. The fourth-order valence-corrected chi connectivity index (χ4v) is 4.02. The lowest BCUT2D eigenvalue weighted by Gasteiger charge is -2.33. The molecule has 2 amide bonds. The van der Waals surface area contributed by atoms with Crippen molar-refractivity contribution < 1.29 is 14.3 Å². The molecule has 31 heavy (non-hydrogen) atoms. The molecule has 1 atom stereocenters. The van der Waals surface area contributed by atoms with E-state index in [0.717, 1.165) is 18.7 Å². The summed E-state index contributed by atoms with van der Waals surface area (Å²) in [5.74, 6) is -0.364. The predicted molar refractivity (Wildman–Crippen MR) is 120 cm³/mol. The Morgan fingerprint density at radius 2 is 2.06 bits per heavy atom.